The normalized spacial score (nSPS) is 23.1. The van der Waals surface area contributed by atoms with Crippen LogP contribution in [0, 0.1) is 0 Å². The maximum Gasteiger partial charge on any atom is 0.271 e. The van der Waals surface area contributed by atoms with Gasteiger partial charge in [0.1, 0.15) is 5.69 Å². The molecule has 1 aromatic heterocycles. The van der Waals surface area contributed by atoms with Crippen LogP contribution in [-0.4, -0.2) is 84.9 Å². The van der Waals surface area contributed by atoms with E-state index >= 15 is 0 Å². The van der Waals surface area contributed by atoms with Crippen LogP contribution in [0.3, 0.4) is 0 Å². The van der Waals surface area contributed by atoms with E-state index in [9.17, 15) is 4.79 Å². The lowest BCUT2D eigenvalue weighted by Crippen LogP contribution is -2.44. The number of rotatable bonds is 6. The molecule has 3 heterocycles. The van der Waals surface area contributed by atoms with Crippen molar-refractivity contribution < 1.29 is 4.79 Å². The largest absolute Gasteiger partial charge is 0.349 e. The predicted octanol–water partition coefficient (Wildman–Crippen LogP) is 0.563. The minimum atomic E-state index is -0.0642. The molecular weight excluding hydrogens is 316 g/mol. The first-order valence-electron chi connectivity index (χ1n) is 9.56. The number of carbonyl (C=O) groups excluding carboxylic acids is 1. The molecule has 2 aliphatic rings. The Morgan fingerprint density at radius 3 is 2.84 bits per heavy atom. The molecule has 2 saturated heterocycles. The molecule has 7 nitrogen and oxygen atoms in total. The van der Waals surface area contributed by atoms with Crippen molar-refractivity contribution in [2.45, 2.75) is 37.8 Å². The van der Waals surface area contributed by atoms with Crippen LogP contribution < -0.4 is 10.6 Å². The fraction of sp³-hybridized carbons (Fsp3) is 0.778. The number of carbonyl (C=O) groups is 1. The van der Waals surface area contributed by atoms with Crippen LogP contribution in [-0.2, 0) is 0 Å². The second kappa shape index (κ2) is 8.78. The van der Waals surface area contributed by atoms with Gasteiger partial charge in [-0.15, -0.1) is 0 Å². The van der Waals surface area contributed by atoms with E-state index in [-0.39, 0.29) is 5.91 Å². The van der Waals surface area contributed by atoms with E-state index < -0.39 is 0 Å². The molecule has 25 heavy (non-hydrogen) atoms. The molecule has 1 atom stereocenters. The zero-order valence-corrected chi connectivity index (χ0v) is 15.6. The van der Waals surface area contributed by atoms with Crippen molar-refractivity contribution in [3.8, 4) is 0 Å². The highest BCUT2D eigenvalue weighted by atomic mass is 16.1. The Hall–Kier alpha value is -1.44. The highest BCUT2D eigenvalue weighted by Crippen LogP contribution is 2.16. The van der Waals surface area contributed by atoms with Crippen LogP contribution >= 0.6 is 0 Å². The summed E-state index contributed by atoms with van der Waals surface area (Å²) in [6.07, 6.45) is 6.63. The standard InChI is InChI=1S/C18H32N6O/c1-22(2)15-5-10-23(11-6-15)13-9-20-18(25)17-7-12-24(21-17)16-4-3-8-19-14-16/h7,12,15-16,19H,3-6,8-11,13-14H2,1-2H3,(H,20,25). The number of nitrogens with one attached hydrogen (secondary N) is 2. The molecule has 0 bridgehead atoms. The van der Waals surface area contributed by atoms with Crippen LogP contribution in [0.1, 0.15) is 42.2 Å². The summed E-state index contributed by atoms with van der Waals surface area (Å²) in [6.45, 7) is 5.84. The van der Waals surface area contributed by atoms with Crippen molar-refractivity contribution in [2.24, 2.45) is 0 Å². The molecule has 0 spiro atoms. The van der Waals surface area contributed by atoms with Gasteiger partial charge in [-0.05, 0) is 65.5 Å². The molecule has 1 aromatic rings. The fourth-order valence-electron chi connectivity index (χ4n) is 3.80. The van der Waals surface area contributed by atoms with E-state index in [4.69, 9.17) is 0 Å². The third kappa shape index (κ3) is 5.03. The molecule has 1 amide bonds. The maximum atomic E-state index is 12.3. The lowest BCUT2D eigenvalue weighted by Gasteiger charge is -2.35. The molecule has 0 aromatic carbocycles. The lowest BCUT2D eigenvalue weighted by atomic mass is 10.0. The molecule has 0 saturated carbocycles. The number of nitrogens with zero attached hydrogens (tertiary/aromatic N) is 4. The van der Waals surface area contributed by atoms with Gasteiger partial charge in [-0.3, -0.25) is 9.48 Å². The molecule has 0 aliphatic carbocycles. The fourth-order valence-corrected chi connectivity index (χ4v) is 3.80. The predicted molar refractivity (Wildman–Crippen MR) is 98.8 cm³/mol. The van der Waals surface area contributed by atoms with Crippen molar-refractivity contribution in [3.63, 3.8) is 0 Å². The third-order valence-electron chi connectivity index (χ3n) is 5.49. The number of piperidine rings is 2. The smallest absolute Gasteiger partial charge is 0.271 e. The monoisotopic (exact) mass is 348 g/mol. The SMILES string of the molecule is CN(C)C1CCN(CCNC(=O)c2ccn(C3CCCNC3)n2)CC1. The van der Waals surface area contributed by atoms with Gasteiger partial charge in [-0.1, -0.05) is 0 Å². The Labute approximate surface area is 150 Å². The summed E-state index contributed by atoms with van der Waals surface area (Å²) in [6, 6.07) is 2.89. The molecule has 0 radical (unpaired) electrons. The van der Waals surface area contributed by atoms with Crippen molar-refractivity contribution >= 4 is 5.91 Å². The van der Waals surface area contributed by atoms with E-state index in [1.807, 2.05) is 16.9 Å². The summed E-state index contributed by atoms with van der Waals surface area (Å²) in [5.74, 6) is -0.0642. The van der Waals surface area contributed by atoms with Crippen LogP contribution in [0.4, 0.5) is 0 Å². The van der Waals surface area contributed by atoms with Gasteiger partial charge in [0.05, 0.1) is 6.04 Å². The molecule has 2 N–H and O–H groups in total. The number of likely N-dealkylation sites (tertiary alicyclic amines) is 1. The van der Waals surface area contributed by atoms with Crippen LogP contribution in [0.25, 0.3) is 0 Å². The van der Waals surface area contributed by atoms with Crippen LogP contribution in [0.15, 0.2) is 12.3 Å². The van der Waals surface area contributed by atoms with Gasteiger partial charge in [0.25, 0.3) is 5.91 Å². The van der Waals surface area contributed by atoms with Gasteiger partial charge in [0.2, 0.25) is 0 Å². The van der Waals surface area contributed by atoms with Gasteiger partial charge in [-0.25, -0.2) is 0 Å². The zero-order chi connectivity index (χ0) is 17.6. The zero-order valence-electron chi connectivity index (χ0n) is 15.6. The number of hydrogen-bond acceptors (Lipinski definition) is 5. The Morgan fingerprint density at radius 2 is 2.16 bits per heavy atom. The maximum absolute atomic E-state index is 12.3. The van der Waals surface area contributed by atoms with Crippen LogP contribution in [0.2, 0.25) is 0 Å². The first-order chi connectivity index (χ1) is 12.1. The molecule has 140 valence electrons. The number of aromatic nitrogens is 2. The quantitative estimate of drug-likeness (QED) is 0.787. The molecule has 2 fully saturated rings. The number of amides is 1. The molecule has 1 unspecified atom stereocenters. The summed E-state index contributed by atoms with van der Waals surface area (Å²) < 4.78 is 1.94. The average Bonchev–Trinajstić information content (AvgIpc) is 3.13. The summed E-state index contributed by atoms with van der Waals surface area (Å²) in [4.78, 5) is 17.0. The Kier molecular flexibility index (Phi) is 6.45. The molecule has 7 heteroatoms. The van der Waals surface area contributed by atoms with E-state index in [1.54, 1.807) is 0 Å². The second-order valence-electron chi connectivity index (χ2n) is 7.47. The van der Waals surface area contributed by atoms with Gasteiger partial charge in [0.15, 0.2) is 0 Å². The molecular formula is C18H32N6O. The van der Waals surface area contributed by atoms with E-state index in [0.717, 1.165) is 45.6 Å². The Balaban J connectivity index is 1.39. The first kappa shape index (κ1) is 18.4. The van der Waals surface area contributed by atoms with Crippen molar-refractivity contribution in [3.05, 3.63) is 18.0 Å². The molecule has 3 rings (SSSR count). The third-order valence-corrected chi connectivity index (χ3v) is 5.49. The van der Waals surface area contributed by atoms with Crippen molar-refractivity contribution in [1.29, 1.82) is 0 Å². The Bertz CT molecular complexity index is 544. The van der Waals surface area contributed by atoms with Gasteiger partial charge < -0.3 is 20.4 Å². The van der Waals surface area contributed by atoms with Gasteiger partial charge >= 0.3 is 0 Å². The van der Waals surface area contributed by atoms with E-state index in [0.29, 0.717) is 24.3 Å². The van der Waals surface area contributed by atoms with E-state index in [2.05, 4.69) is 39.6 Å². The average molecular weight is 348 g/mol. The summed E-state index contributed by atoms with van der Waals surface area (Å²) in [7, 11) is 4.31. The van der Waals surface area contributed by atoms with Crippen molar-refractivity contribution in [2.75, 3.05) is 53.4 Å². The van der Waals surface area contributed by atoms with Gasteiger partial charge in [0, 0.05) is 31.9 Å². The second-order valence-corrected chi connectivity index (χ2v) is 7.47. The highest BCUT2D eigenvalue weighted by Gasteiger charge is 2.21. The highest BCUT2D eigenvalue weighted by molar-refractivity contribution is 5.92. The summed E-state index contributed by atoms with van der Waals surface area (Å²) >= 11 is 0. The van der Waals surface area contributed by atoms with Crippen LogP contribution in [0.5, 0.6) is 0 Å². The summed E-state index contributed by atoms with van der Waals surface area (Å²) in [5, 5.41) is 10.9. The minimum Gasteiger partial charge on any atom is -0.349 e. The topological polar surface area (TPSA) is 65.4 Å². The lowest BCUT2D eigenvalue weighted by molar-refractivity contribution is 0.0934. The van der Waals surface area contributed by atoms with Gasteiger partial charge in [-0.2, -0.15) is 5.10 Å². The van der Waals surface area contributed by atoms with Crippen molar-refractivity contribution in [1.82, 2.24) is 30.2 Å². The van der Waals surface area contributed by atoms with E-state index in [1.165, 1.54) is 12.8 Å². The minimum absolute atomic E-state index is 0.0642. The summed E-state index contributed by atoms with van der Waals surface area (Å²) in [5.41, 5.74) is 0.525. The number of hydrogen-bond donors (Lipinski definition) is 2. The molecule has 2 aliphatic heterocycles. The first-order valence-corrected chi connectivity index (χ1v) is 9.56. The Morgan fingerprint density at radius 1 is 1.36 bits per heavy atom.